The maximum Gasteiger partial charge on any atom is 0.258 e. The first-order chi connectivity index (χ1) is 17.2. The minimum atomic E-state index is -0.170. The molecule has 0 fully saturated rings. The highest BCUT2D eigenvalue weighted by atomic mass is 79.9. The van der Waals surface area contributed by atoms with E-state index in [9.17, 15) is 9.59 Å². The lowest BCUT2D eigenvalue weighted by Gasteiger charge is -2.33. The molecule has 1 aliphatic carbocycles. The van der Waals surface area contributed by atoms with Crippen LogP contribution in [-0.2, 0) is 24.1 Å². The Morgan fingerprint density at radius 1 is 1.03 bits per heavy atom. The molecule has 7 heteroatoms. The van der Waals surface area contributed by atoms with Crippen molar-refractivity contribution in [2.75, 3.05) is 23.7 Å². The number of amides is 2. The molecule has 0 radical (unpaired) electrons. The SMILES string of the molecule is CC(C)(C)C1CCc2c(sc(NC(=O)CNCCc3ccccc3)c2C(=O)Nc2ccc(Br)cc2)C1. The highest BCUT2D eigenvalue weighted by Gasteiger charge is 2.34. The van der Waals surface area contributed by atoms with Gasteiger partial charge in [0.25, 0.3) is 5.91 Å². The summed E-state index contributed by atoms with van der Waals surface area (Å²) in [6, 6.07) is 17.7. The van der Waals surface area contributed by atoms with Crippen molar-refractivity contribution in [3.05, 3.63) is 80.6 Å². The van der Waals surface area contributed by atoms with Gasteiger partial charge in [0.15, 0.2) is 0 Å². The zero-order valence-electron chi connectivity index (χ0n) is 21.1. The van der Waals surface area contributed by atoms with Crippen LogP contribution in [0.4, 0.5) is 10.7 Å². The number of nitrogens with one attached hydrogen (secondary N) is 3. The molecule has 4 rings (SSSR count). The van der Waals surface area contributed by atoms with E-state index in [0.29, 0.717) is 23.0 Å². The molecule has 0 aliphatic heterocycles. The van der Waals surface area contributed by atoms with Crippen molar-refractivity contribution in [1.29, 1.82) is 0 Å². The van der Waals surface area contributed by atoms with E-state index in [1.807, 2.05) is 42.5 Å². The van der Waals surface area contributed by atoms with Gasteiger partial charge in [-0.15, -0.1) is 11.3 Å². The lowest BCUT2D eigenvalue weighted by Crippen LogP contribution is -2.30. The largest absolute Gasteiger partial charge is 0.322 e. The van der Waals surface area contributed by atoms with E-state index in [-0.39, 0.29) is 23.8 Å². The molecule has 2 amide bonds. The highest BCUT2D eigenvalue weighted by Crippen LogP contribution is 2.44. The molecule has 0 spiro atoms. The predicted octanol–water partition coefficient (Wildman–Crippen LogP) is 6.68. The minimum absolute atomic E-state index is 0.133. The molecule has 0 saturated carbocycles. The maximum absolute atomic E-state index is 13.4. The lowest BCUT2D eigenvalue weighted by molar-refractivity contribution is -0.115. The van der Waals surface area contributed by atoms with Gasteiger partial charge in [-0.05, 0) is 79.0 Å². The molecule has 1 unspecified atom stereocenters. The topological polar surface area (TPSA) is 70.2 Å². The van der Waals surface area contributed by atoms with Gasteiger partial charge in [0.05, 0.1) is 12.1 Å². The zero-order valence-corrected chi connectivity index (χ0v) is 23.5. The molecular weight excluding hydrogens is 534 g/mol. The molecule has 2 aromatic carbocycles. The molecule has 1 atom stereocenters. The summed E-state index contributed by atoms with van der Waals surface area (Å²) in [6.07, 6.45) is 3.69. The number of benzene rings is 2. The van der Waals surface area contributed by atoms with Crippen molar-refractivity contribution in [2.24, 2.45) is 11.3 Å². The fourth-order valence-corrected chi connectivity index (χ4v) is 6.24. The minimum Gasteiger partial charge on any atom is -0.322 e. The van der Waals surface area contributed by atoms with Crippen molar-refractivity contribution in [2.45, 2.75) is 46.5 Å². The van der Waals surface area contributed by atoms with Crippen molar-refractivity contribution in [3.8, 4) is 0 Å². The molecule has 1 aromatic heterocycles. The van der Waals surface area contributed by atoms with Crippen molar-refractivity contribution < 1.29 is 9.59 Å². The average molecular weight is 569 g/mol. The molecule has 3 aromatic rings. The van der Waals surface area contributed by atoms with Gasteiger partial charge in [-0.25, -0.2) is 0 Å². The number of hydrogen-bond donors (Lipinski definition) is 3. The van der Waals surface area contributed by atoms with Crippen LogP contribution < -0.4 is 16.0 Å². The van der Waals surface area contributed by atoms with Gasteiger partial charge in [0.2, 0.25) is 5.91 Å². The van der Waals surface area contributed by atoms with Crippen molar-refractivity contribution in [3.63, 3.8) is 0 Å². The second-order valence-corrected chi connectivity index (χ2v) is 12.5. The van der Waals surface area contributed by atoms with E-state index in [4.69, 9.17) is 0 Å². The first-order valence-corrected chi connectivity index (χ1v) is 14.1. The van der Waals surface area contributed by atoms with E-state index >= 15 is 0 Å². The first kappa shape index (κ1) is 26.6. The molecule has 3 N–H and O–H groups in total. The Hall–Kier alpha value is -2.48. The summed E-state index contributed by atoms with van der Waals surface area (Å²) >= 11 is 4.99. The Labute approximate surface area is 226 Å². The van der Waals surface area contributed by atoms with Crippen LogP contribution in [0.2, 0.25) is 0 Å². The van der Waals surface area contributed by atoms with Crippen LogP contribution in [0.3, 0.4) is 0 Å². The number of carbonyl (C=O) groups is 2. The third kappa shape index (κ3) is 6.84. The highest BCUT2D eigenvalue weighted by molar-refractivity contribution is 9.10. The summed E-state index contributed by atoms with van der Waals surface area (Å²) in [4.78, 5) is 27.5. The summed E-state index contributed by atoms with van der Waals surface area (Å²) in [5.41, 5.74) is 3.86. The summed E-state index contributed by atoms with van der Waals surface area (Å²) in [7, 11) is 0. The van der Waals surface area contributed by atoms with E-state index in [2.05, 4.69) is 64.8 Å². The van der Waals surface area contributed by atoms with Gasteiger partial charge in [-0.2, -0.15) is 0 Å². The Bertz CT molecular complexity index is 1200. The van der Waals surface area contributed by atoms with Crippen LogP contribution in [0, 0.1) is 11.3 Å². The Balaban J connectivity index is 1.48. The van der Waals surface area contributed by atoms with Crippen molar-refractivity contribution >= 4 is 49.8 Å². The number of thiophene rings is 1. The standard InChI is InChI=1S/C29H34BrN3O2S/c1-29(2,3)20-9-14-23-24(17-20)36-28(26(23)27(35)32-22-12-10-21(30)11-13-22)33-25(34)18-31-16-15-19-7-5-4-6-8-19/h4-8,10-13,20,31H,9,14-18H2,1-3H3,(H,32,35)(H,33,34). The summed E-state index contributed by atoms with van der Waals surface area (Å²) in [5, 5.41) is 9.95. The lowest BCUT2D eigenvalue weighted by atomic mass is 9.72. The Morgan fingerprint density at radius 3 is 2.44 bits per heavy atom. The van der Waals surface area contributed by atoms with Gasteiger partial charge in [-0.1, -0.05) is 67.0 Å². The molecule has 5 nitrogen and oxygen atoms in total. The van der Waals surface area contributed by atoms with E-state index in [1.165, 1.54) is 10.4 Å². The molecule has 1 heterocycles. The molecule has 0 bridgehead atoms. The molecular formula is C29H34BrN3O2S. The quantitative estimate of drug-likeness (QED) is 0.266. The van der Waals surface area contributed by atoms with Crippen molar-refractivity contribution in [1.82, 2.24) is 5.32 Å². The van der Waals surface area contributed by atoms with Gasteiger partial charge in [0, 0.05) is 15.0 Å². The van der Waals surface area contributed by atoms with Crippen LogP contribution in [0.25, 0.3) is 0 Å². The maximum atomic E-state index is 13.4. The first-order valence-electron chi connectivity index (χ1n) is 12.5. The molecule has 190 valence electrons. The van der Waals surface area contributed by atoms with Gasteiger partial charge >= 0.3 is 0 Å². The molecule has 1 aliphatic rings. The van der Waals surface area contributed by atoms with Crippen LogP contribution in [0.5, 0.6) is 0 Å². The number of fused-ring (bicyclic) bond motifs is 1. The molecule has 0 saturated heterocycles. The second-order valence-electron chi connectivity index (χ2n) is 10.4. The summed E-state index contributed by atoms with van der Waals surface area (Å²) in [6.45, 7) is 7.75. The van der Waals surface area contributed by atoms with Crippen LogP contribution in [0.1, 0.15) is 53.6 Å². The van der Waals surface area contributed by atoms with Gasteiger partial charge in [0.1, 0.15) is 5.00 Å². The third-order valence-corrected chi connectivity index (χ3v) is 8.49. The number of hydrogen-bond acceptors (Lipinski definition) is 4. The third-order valence-electron chi connectivity index (χ3n) is 6.79. The predicted molar refractivity (Wildman–Crippen MR) is 153 cm³/mol. The van der Waals surface area contributed by atoms with E-state index in [1.54, 1.807) is 11.3 Å². The number of anilines is 2. The summed E-state index contributed by atoms with van der Waals surface area (Å²) < 4.78 is 0.953. The van der Waals surface area contributed by atoms with Crippen LogP contribution in [-0.4, -0.2) is 24.9 Å². The van der Waals surface area contributed by atoms with Gasteiger partial charge < -0.3 is 16.0 Å². The van der Waals surface area contributed by atoms with Crippen LogP contribution >= 0.6 is 27.3 Å². The summed E-state index contributed by atoms with van der Waals surface area (Å²) in [5.74, 6) is 0.248. The average Bonchev–Trinajstić information content (AvgIpc) is 3.20. The number of carbonyl (C=O) groups excluding carboxylic acids is 2. The smallest absolute Gasteiger partial charge is 0.258 e. The number of rotatable bonds is 8. The van der Waals surface area contributed by atoms with E-state index in [0.717, 1.165) is 41.4 Å². The fraction of sp³-hybridized carbons (Fsp3) is 0.379. The van der Waals surface area contributed by atoms with Crippen LogP contribution in [0.15, 0.2) is 59.1 Å². The monoisotopic (exact) mass is 567 g/mol. The molecule has 36 heavy (non-hydrogen) atoms. The second kappa shape index (κ2) is 11.7. The zero-order chi connectivity index (χ0) is 25.7. The Morgan fingerprint density at radius 2 is 1.75 bits per heavy atom. The van der Waals surface area contributed by atoms with E-state index < -0.39 is 0 Å². The Kier molecular flexibility index (Phi) is 8.65. The van der Waals surface area contributed by atoms with Gasteiger partial charge in [-0.3, -0.25) is 9.59 Å². The fourth-order valence-electron chi connectivity index (χ4n) is 4.63. The number of halogens is 1. The normalized spacial score (nSPS) is 15.3.